The summed E-state index contributed by atoms with van der Waals surface area (Å²) in [5, 5.41) is 22.8. The first-order valence-corrected chi connectivity index (χ1v) is 12.0. The standard InChI is InChI=1S/C16H17NO2.C14H19N.CH4O/c1-18-11-13-7-9-15(10-8-13)19-12-16(17)14-5-3-2-4-6-14;1-5-12-8-6-7-9-13(12)14(10(2)3)11(4)15;1-2/h2-10,17H,11-12H2,1H3;6-9,15H,5H2,1-4H3;2H,1H3. The molecule has 0 aliphatic rings. The van der Waals surface area contributed by atoms with Gasteiger partial charge in [0.15, 0.2) is 0 Å². The van der Waals surface area contributed by atoms with Crippen LogP contribution in [0.5, 0.6) is 5.75 Å². The first kappa shape index (κ1) is 30.5. The third-order valence-electron chi connectivity index (χ3n) is 5.28. The van der Waals surface area contributed by atoms with Gasteiger partial charge in [-0.25, -0.2) is 0 Å². The average Bonchev–Trinajstić information content (AvgIpc) is 2.90. The van der Waals surface area contributed by atoms with Crippen LogP contribution in [0.15, 0.2) is 84.4 Å². The van der Waals surface area contributed by atoms with E-state index in [0.717, 1.165) is 36.0 Å². The number of nitrogens with one attached hydrogen (secondary N) is 2. The molecule has 36 heavy (non-hydrogen) atoms. The summed E-state index contributed by atoms with van der Waals surface area (Å²) in [6.07, 6.45) is 1.01. The minimum Gasteiger partial charge on any atom is -0.487 e. The Morgan fingerprint density at radius 2 is 1.39 bits per heavy atom. The molecule has 192 valence electrons. The third kappa shape index (κ3) is 9.98. The van der Waals surface area contributed by atoms with E-state index in [2.05, 4.69) is 39.0 Å². The largest absolute Gasteiger partial charge is 0.487 e. The lowest BCUT2D eigenvalue weighted by atomic mass is 9.92. The van der Waals surface area contributed by atoms with Gasteiger partial charge in [0.25, 0.3) is 0 Å². The third-order valence-corrected chi connectivity index (χ3v) is 5.28. The summed E-state index contributed by atoms with van der Waals surface area (Å²) >= 11 is 0. The van der Waals surface area contributed by atoms with Crippen molar-refractivity contribution >= 4 is 17.0 Å². The van der Waals surface area contributed by atoms with Crippen molar-refractivity contribution in [3.05, 3.63) is 107 Å². The molecule has 0 fully saturated rings. The predicted molar refractivity (Wildman–Crippen MR) is 152 cm³/mol. The first-order chi connectivity index (χ1) is 17.4. The Balaban J connectivity index is 0.000000346. The smallest absolute Gasteiger partial charge is 0.130 e. The second kappa shape index (κ2) is 17.0. The van der Waals surface area contributed by atoms with Gasteiger partial charge < -0.3 is 25.4 Å². The van der Waals surface area contributed by atoms with E-state index in [1.807, 2.05) is 67.6 Å². The Bertz CT molecular complexity index is 1100. The number of allylic oxidation sites excluding steroid dienone is 2. The molecule has 5 nitrogen and oxygen atoms in total. The summed E-state index contributed by atoms with van der Waals surface area (Å²) in [6.45, 7) is 9.02. The number of methoxy groups -OCH3 is 1. The molecule has 3 aromatic carbocycles. The highest BCUT2D eigenvalue weighted by Crippen LogP contribution is 2.24. The van der Waals surface area contributed by atoms with Crippen LogP contribution in [0.2, 0.25) is 0 Å². The fraction of sp³-hybridized carbons (Fsp3) is 0.290. The Morgan fingerprint density at radius 1 is 0.806 bits per heavy atom. The molecule has 0 saturated carbocycles. The molecular formula is C31H40N2O3. The maximum Gasteiger partial charge on any atom is 0.130 e. The van der Waals surface area contributed by atoms with Crippen molar-refractivity contribution in [1.29, 1.82) is 10.8 Å². The molecule has 0 aromatic heterocycles. The lowest BCUT2D eigenvalue weighted by Crippen LogP contribution is -2.11. The number of aliphatic hydroxyl groups is 1. The summed E-state index contributed by atoms with van der Waals surface area (Å²) < 4.78 is 10.6. The number of hydrogen-bond acceptors (Lipinski definition) is 5. The molecule has 0 heterocycles. The van der Waals surface area contributed by atoms with Crippen LogP contribution in [-0.2, 0) is 17.8 Å². The van der Waals surface area contributed by atoms with E-state index in [-0.39, 0.29) is 6.61 Å². The van der Waals surface area contributed by atoms with Gasteiger partial charge in [0.05, 0.1) is 12.3 Å². The number of aryl methyl sites for hydroxylation is 1. The van der Waals surface area contributed by atoms with Crippen LogP contribution >= 0.6 is 0 Å². The maximum absolute atomic E-state index is 7.94. The van der Waals surface area contributed by atoms with Crippen molar-refractivity contribution in [2.75, 3.05) is 20.8 Å². The van der Waals surface area contributed by atoms with Gasteiger partial charge in [0.2, 0.25) is 0 Å². The molecule has 0 radical (unpaired) electrons. The van der Waals surface area contributed by atoms with Gasteiger partial charge in [-0.1, -0.05) is 79.2 Å². The number of hydrogen-bond donors (Lipinski definition) is 3. The number of benzene rings is 3. The molecule has 0 bridgehead atoms. The van der Waals surface area contributed by atoms with E-state index < -0.39 is 0 Å². The highest BCUT2D eigenvalue weighted by Gasteiger charge is 2.09. The summed E-state index contributed by atoms with van der Waals surface area (Å²) in [5.41, 5.74) is 7.95. The van der Waals surface area contributed by atoms with Crippen LogP contribution in [0.4, 0.5) is 0 Å². The molecular weight excluding hydrogens is 448 g/mol. The molecule has 0 spiro atoms. The van der Waals surface area contributed by atoms with Gasteiger partial charge in [0, 0.05) is 25.5 Å². The second-order valence-corrected chi connectivity index (χ2v) is 8.22. The van der Waals surface area contributed by atoms with Crippen LogP contribution in [0.25, 0.3) is 5.57 Å². The normalized spacial score (nSPS) is 9.64. The minimum atomic E-state index is 0.271. The molecule has 5 heteroatoms. The van der Waals surface area contributed by atoms with Crippen molar-refractivity contribution in [2.45, 2.75) is 40.7 Å². The highest BCUT2D eigenvalue weighted by molar-refractivity contribution is 6.22. The van der Waals surface area contributed by atoms with Gasteiger partial charge in [-0.15, -0.1) is 0 Å². The number of aliphatic hydroxyl groups excluding tert-OH is 1. The Morgan fingerprint density at radius 3 is 1.92 bits per heavy atom. The summed E-state index contributed by atoms with van der Waals surface area (Å²) in [7, 11) is 2.67. The molecule has 0 unspecified atom stereocenters. The number of rotatable bonds is 9. The van der Waals surface area contributed by atoms with Crippen LogP contribution in [-0.4, -0.2) is 37.4 Å². The monoisotopic (exact) mass is 488 g/mol. The quantitative estimate of drug-likeness (QED) is 0.284. The van der Waals surface area contributed by atoms with Gasteiger partial charge >= 0.3 is 0 Å². The van der Waals surface area contributed by atoms with E-state index in [1.54, 1.807) is 7.11 Å². The predicted octanol–water partition coefficient (Wildman–Crippen LogP) is 6.97. The van der Waals surface area contributed by atoms with Crippen LogP contribution < -0.4 is 4.74 Å². The number of ether oxygens (including phenoxy) is 2. The van der Waals surface area contributed by atoms with Crippen molar-refractivity contribution < 1.29 is 14.6 Å². The average molecular weight is 489 g/mol. The van der Waals surface area contributed by atoms with Gasteiger partial charge in [0.1, 0.15) is 12.4 Å². The molecule has 0 atom stereocenters. The topological polar surface area (TPSA) is 86.4 Å². The van der Waals surface area contributed by atoms with Crippen molar-refractivity contribution in [3.8, 4) is 5.75 Å². The van der Waals surface area contributed by atoms with Crippen molar-refractivity contribution in [3.63, 3.8) is 0 Å². The maximum atomic E-state index is 7.94. The molecule has 0 aliphatic heterocycles. The SMILES string of the molecule is CCc1ccccc1C(C(C)=N)=C(C)C.CO.COCc1ccc(OCC(=N)c2ccccc2)cc1. The highest BCUT2D eigenvalue weighted by atomic mass is 16.5. The second-order valence-electron chi connectivity index (χ2n) is 8.22. The van der Waals surface area contributed by atoms with Gasteiger partial charge in [-0.3, -0.25) is 0 Å². The fourth-order valence-electron chi connectivity index (χ4n) is 3.65. The zero-order valence-electron chi connectivity index (χ0n) is 22.4. The molecule has 3 rings (SSSR count). The molecule has 3 N–H and O–H groups in total. The van der Waals surface area contributed by atoms with E-state index in [9.17, 15) is 0 Å². The van der Waals surface area contributed by atoms with E-state index in [0.29, 0.717) is 18.0 Å². The molecule has 0 aliphatic carbocycles. The molecule has 0 amide bonds. The van der Waals surface area contributed by atoms with Crippen LogP contribution in [0.1, 0.15) is 49.9 Å². The zero-order chi connectivity index (χ0) is 26.9. The van der Waals surface area contributed by atoms with Crippen molar-refractivity contribution in [1.82, 2.24) is 0 Å². The fourth-order valence-corrected chi connectivity index (χ4v) is 3.65. The van der Waals surface area contributed by atoms with E-state index in [4.69, 9.17) is 25.4 Å². The Kier molecular flexibility index (Phi) is 14.4. The first-order valence-electron chi connectivity index (χ1n) is 12.0. The van der Waals surface area contributed by atoms with Gasteiger partial charge in [-0.05, 0) is 61.6 Å². The minimum absolute atomic E-state index is 0.271. The van der Waals surface area contributed by atoms with Gasteiger partial charge in [-0.2, -0.15) is 0 Å². The summed E-state index contributed by atoms with van der Waals surface area (Å²) in [4.78, 5) is 0. The summed E-state index contributed by atoms with van der Waals surface area (Å²) in [6, 6.07) is 25.7. The Hall–Kier alpha value is -3.54. The van der Waals surface area contributed by atoms with Crippen LogP contribution in [0.3, 0.4) is 0 Å². The molecule has 0 saturated heterocycles. The van der Waals surface area contributed by atoms with E-state index in [1.165, 1.54) is 16.7 Å². The lowest BCUT2D eigenvalue weighted by Gasteiger charge is -2.13. The molecule has 3 aromatic rings. The lowest BCUT2D eigenvalue weighted by molar-refractivity contribution is 0.185. The van der Waals surface area contributed by atoms with E-state index >= 15 is 0 Å². The summed E-state index contributed by atoms with van der Waals surface area (Å²) in [5.74, 6) is 0.764. The Labute approximate surface area is 216 Å². The van der Waals surface area contributed by atoms with Crippen molar-refractivity contribution in [2.24, 2.45) is 0 Å². The van der Waals surface area contributed by atoms with Crippen LogP contribution in [0, 0.1) is 10.8 Å². The zero-order valence-corrected chi connectivity index (χ0v) is 22.4.